The molecule has 0 amide bonds. The van der Waals surface area contributed by atoms with Gasteiger partial charge >= 0.3 is 5.97 Å². The zero-order valence-corrected chi connectivity index (χ0v) is 12.0. The molecule has 0 aliphatic heterocycles. The van der Waals surface area contributed by atoms with Gasteiger partial charge in [-0.3, -0.25) is 15.0 Å². The molecular weight excluding hydrogens is 290 g/mol. The van der Waals surface area contributed by atoms with Crippen LogP contribution in [0.4, 0.5) is 0 Å². The molecule has 0 saturated carbocycles. The van der Waals surface area contributed by atoms with Crippen LogP contribution in [0.1, 0.15) is 10.4 Å². The van der Waals surface area contributed by atoms with E-state index in [2.05, 4.69) is 15.0 Å². The van der Waals surface area contributed by atoms with E-state index in [4.69, 9.17) is 4.74 Å². The number of hydrogen-bond acceptors (Lipinski definition) is 5. The molecule has 5 nitrogen and oxygen atoms in total. The van der Waals surface area contributed by atoms with Crippen molar-refractivity contribution < 1.29 is 9.53 Å². The zero-order chi connectivity index (χ0) is 15.6. The van der Waals surface area contributed by atoms with E-state index in [1.54, 1.807) is 42.9 Å². The number of carbonyl (C=O) groups is 1. The Morgan fingerprint density at radius 2 is 1.65 bits per heavy atom. The number of hydrogen-bond donors (Lipinski definition) is 0. The van der Waals surface area contributed by atoms with E-state index >= 15 is 0 Å². The maximum Gasteiger partial charge on any atom is 0.343 e. The highest BCUT2D eigenvalue weighted by Gasteiger charge is 2.12. The maximum absolute atomic E-state index is 12.4. The minimum Gasteiger partial charge on any atom is -0.421 e. The molecule has 0 bridgehead atoms. The molecular formula is C18H11N3O2. The molecule has 0 aliphatic carbocycles. The fourth-order valence-corrected chi connectivity index (χ4v) is 2.41. The van der Waals surface area contributed by atoms with Crippen LogP contribution in [0.5, 0.6) is 5.75 Å². The first-order valence-corrected chi connectivity index (χ1v) is 7.08. The molecule has 0 spiro atoms. The summed E-state index contributed by atoms with van der Waals surface area (Å²) < 4.78 is 5.51. The molecule has 0 atom stereocenters. The SMILES string of the molecule is O=C(Oc1cccc2cccnc12)c1ccc2nccnc2c1. The van der Waals surface area contributed by atoms with E-state index < -0.39 is 5.97 Å². The summed E-state index contributed by atoms with van der Waals surface area (Å²) in [6.45, 7) is 0. The Balaban J connectivity index is 1.70. The van der Waals surface area contributed by atoms with Crippen molar-refractivity contribution in [2.24, 2.45) is 0 Å². The van der Waals surface area contributed by atoms with E-state index in [1.165, 1.54) is 0 Å². The first-order valence-electron chi connectivity index (χ1n) is 7.08. The minimum atomic E-state index is -0.448. The average Bonchev–Trinajstić information content (AvgIpc) is 2.61. The number of para-hydroxylation sites is 1. The Hall–Kier alpha value is -3.34. The van der Waals surface area contributed by atoms with Crippen molar-refractivity contribution in [3.63, 3.8) is 0 Å². The highest BCUT2D eigenvalue weighted by Crippen LogP contribution is 2.24. The molecule has 2 aromatic heterocycles. The number of nitrogens with zero attached hydrogens (tertiary/aromatic N) is 3. The van der Waals surface area contributed by atoms with Gasteiger partial charge < -0.3 is 4.74 Å². The van der Waals surface area contributed by atoms with Crippen molar-refractivity contribution in [1.82, 2.24) is 15.0 Å². The van der Waals surface area contributed by atoms with Gasteiger partial charge in [0.2, 0.25) is 0 Å². The van der Waals surface area contributed by atoms with Gasteiger partial charge in [0.05, 0.1) is 16.6 Å². The Kier molecular flexibility index (Phi) is 3.16. The van der Waals surface area contributed by atoms with Gasteiger partial charge in [-0.2, -0.15) is 0 Å². The highest BCUT2D eigenvalue weighted by atomic mass is 16.5. The predicted octanol–water partition coefficient (Wildman–Crippen LogP) is 3.40. The molecule has 4 aromatic rings. The van der Waals surface area contributed by atoms with Crippen molar-refractivity contribution in [2.75, 3.05) is 0 Å². The van der Waals surface area contributed by atoms with Gasteiger partial charge in [-0.05, 0) is 30.3 Å². The smallest absolute Gasteiger partial charge is 0.343 e. The molecule has 0 saturated heterocycles. The van der Waals surface area contributed by atoms with E-state index in [1.807, 2.05) is 24.3 Å². The number of benzene rings is 2. The lowest BCUT2D eigenvalue weighted by molar-refractivity contribution is 0.0737. The number of esters is 1. The summed E-state index contributed by atoms with van der Waals surface area (Å²) >= 11 is 0. The van der Waals surface area contributed by atoms with Crippen molar-refractivity contribution in [3.05, 3.63) is 72.7 Å². The highest BCUT2D eigenvalue weighted by molar-refractivity contribution is 5.96. The van der Waals surface area contributed by atoms with Crippen molar-refractivity contribution in [1.29, 1.82) is 0 Å². The van der Waals surface area contributed by atoms with Gasteiger partial charge in [0.15, 0.2) is 5.75 Å². The van der Waals surface area contributed by atoms with Crippen LogP contribution in [-0.4, -0.2) is 20.9 Å². The third kappa shape index (κ3) is 2.48. The summed E-state index contributed by atoms with van der Waals surface area (Å²) in [5.74, 6) is -0.0111. The fraction of sp³-hybridized carbons (Fsp3) is 0. The monoisotopic (exact) mass is 301 g/mol. The van der Waals surface area contributed by atoms with Crippen LogP contribution in [0.15, 0.2) is 67.1 Å². The second kappa shape index (κ2) is 5.46. The molecule has 23 heavy (non-hydrogen) atoms. The van der Waals surface area contributed by atoms with E-state index in [-0.39, 0.29) is 0 Å². The Labute approximate surface area is 131 Å². The van der Waals surface area contributed by atoms with Crippen molar-refractivity contribution in [2.45, 2.75) is 0 Å². The molecule has 4 rings (SSSR count). The van der Waals surface area contributed by atoms with E-state index in [0.717, 1.165) is 10.9 Å². The third-order valence-corrected chi connectivity index (χ3v) is 3.50. The summed E-state index contributed by atoms with van der Waals surface area (Å²) in [6, 6.07) is 14.3. The summed E-state index contributed by atoms with van der Waals surface area (Å²) in [4.78, 5) is 25.1. The number of ether oxygens (including phenoxy) is 1. The van der Waals surface area contributed by atoms with Crippen LogP contribution in [-0.2, 0) is 0 Å². The molecule has 0 fully saturated rings. The van der Waals surface area contributed by atoms with Crippen molar-refractivity contribution >= 4 is 27.9 Å². The topological polar surface area (TPSA) is 65.0 Å². The molecule has 2 aromatic carbocycles. The summed E-state index contributed by atoms with van der Waals surface area (Å²) in [5.41, 5.74) is 2.46. The lowest BCUT2D eigenvalue weighted by Gasteiger charge is -2.07. The Morgan fingerprint density at radius 1 is 0.826 bits per heavy atom. The summed E-state index contributed by atoms with van der Waals surface area (Å²) in [6.07, 6.45) is 4.87. The first-order chi connectivity index (χ1) is 11.3. The molecule has 0 N–H and O–H groups in total. The summed E-state index contributed by atoms with van der Waals surface area (Å²) in [5, 5.41) is 0.919. The van der Waals surface area contributed by atoms with Crippen LogP contribution in [0.2, 0.25) is 0 Å². The predicted molar refractivity (Wildman–Crippen MR) is 86.2 cm³/mol. The van der Waals surface area contributed by atoms with Gasteiger partial charge in [0, 0.05) is 24.0 Å². The molecule has 0 unspecified atom stereocenters. The lowest BCUT2D eigenvalue weighted by atomic mass is 10.2. The second-order valence-electron chi connectivity index (χ2n) is 4.98. The number of rotatable bonds is 2. The van der Waals surface area contributed by atoms with Gasteiger partial charge in [0.1, 0.15) is 5.52 Å². The zero-order valence-electron chi connectivity index (χ0n) is 12.0. The largest absolute Gasteiger partial charge is 0.421 e. The first kappa shape index (κ1) is 13.3. The molecule has 5 heteroatoms. The Bertz CT molecular complexity index is 1030. The molecule has 2 heterocycles. The van der Waals surface area contributed by atoms with Crippen LogP contribution in [0, 0.1) is 0 Å². The second-order valence-corrected chi connectivity index (χ2v) is 4.98. The third-order valence-electron chi connectivity index (χ3n) is 3.50. The van der Waals surface area contributed by atoms with Gasteiger partial charge in [0.25, 0.3) is 0 Å². The minimum absolute atomic E-state index is 0.422. The Morgan fingerprint density at radius 3 is 2.57 bits per heavy atom. The van der Waals surface area contributed by atoms with E-state index in [9.17, 15) is 4.79 Å². The van der Waals surface area contributed by atoms with E-state index in [0.29, 0.717) is 22.3 Å². The fourth-order valence-electron chi connectivity index (χ4n) is 2.41. The maximum atomic E-state index is 12.4. The molecule has 0 radical (unpaired) electrons. The van der Waals surface area contributed by atoms with Crippen molar-refractivity contribution in [3.8, 4) is 5.75 Å². The molecule has 0 aliphatic rings. The normalized spacial score (nSPS) is 10.8. The number of pyridine rings is 1. The van der Waals surface area contributed by atoms with Gasteiger partial charge in [-0.25, -0.2) is 4.79 Å². The number of carbonyl (C=O) groups excluding carboxylic acids is 1. The average molecular weight is 301 g/mol. The summed E-state index contributed by atoms with van der Waals surface area (Å²) in [7, 11) is 0. The van der Waals surface area contributed by atoms with Gasteiger partial charge in [-0.1, -0.05) is 18.2 Å². The quantitative estimate of drug-likeness (QED) is 0.419. The van der Waals surface area contributed by atoms with Crippen LogP contribution < -0.4 is 4.74 Å². The van der Waals surface area contributed by atoms with Crippen LogP contribution in [0.25, 0.3) is 21.9 Å². The lowest BCUT2D eigenvalue weighted by Crippen LogP contribution is -2.09. The number of fused-ring (bicyclic) bond motifs is 2. The standard InChI is InChI=1S/C18H11N3O2/c22-18(13-6-7-14-15(11-13)20-10-9-19-14)23-16-5-1-3-12-4-2-8-21-17(12)16/h1-11H. The number of aromatic nitrogens is 3. The van der Waals surface area contributed by atoms with Crippen LogP contribution >= 0.6 is 0 Å². The van der Waals surface area contributed by atoms with Crippen LogP contribution in [0.3, 0.4) is 0 Å². The molecule has 110 valence electrons. The van der Waals surface area contributed by atoms with Gasteiger partial charge in [-0.15, -0.1) is 0 Å².